The molecule has 0 saturated carbocycles. The minimum absolute atomic E-state index is 0.0171. The summed E-state index contributed by atoms with van der Waals surface area (Å²) in [4.78, 5) is 26.1. The van der Waals surface area contributed by atoms with Crippen LogP contribution < -0.4 is 10.6 Å². The van der Waals surface area contributed by atoms with Crippen molar-refractivity contribution in [2.75, 3.05) is 25.5 Å². The molecule has 1 atom stereocenters. The number of anilines is 1. The SMILES string of the molecule is CNC(=O)C1CCN([C@H](C)C(=O)Nc2cccc(Br)c2)CC1. The molecule has 2 amide bonds. The average Bonchev–Trinajstić information content (AvgIpc) is 2.53. The lowest BCUT2D eigenvalue weighted by atomic mass is 9.95. The Balaban J connectivity index is 1.88. The standard InChI is InChI=1S/C16H22BrN3O2/c1-11(15(21)19-14-5-3-4-13(17)10-14)20-8-6-12(7-9-20)16(22)18-2/h3-5,10-12H,6-9H2,1-2H3,(H,18,22)(H,19,21)/t11-/m1/s1. The molecule has 0 radical (unpaired) electrons. The van der Waals surface area contributed by atoms with Gasteiger partial charge in [-0.25, -0.2) is 0 Å². The van der Waals surface area contributed by atoms with Crippen molar-refractivity contribution in [1.29, 1.82) is 0 Å². The van der Waals surface area contributed by atoms with Crippen LogP contribution in [0.25, 0.3) is 0 Å². The van der Waals surface area contributed by atoms with Gasteiger partial charge in [0.05, 0.1) is 6.04 Å². The quantitative estimate of drug-likeness (QED) is 0.857. The van der Waals surface area contributed by atoms with E-state index in [2.05, 4.69) is 31.5 Å². The second kappa shape index (κ2) is 7.74. The third-order valence-electron chi connectivity index (χ3n) is 4.17. The minimum atomic E-state index is -0.204. The van der Waals surface area contributed by atoms with Crippen LogP contribution in [0.5, 0.6) is 0 Å². The van der Waals surface area contributed by atoms with E-state index >= 15 is 0 Å². The van der Waals surface area contributed by atoms with E-state index < -0.39 is 0 Å². The van der Waals surface area contributed by atoms with E-state index in [1.807, 2.05) is 31.2 Å². The Kier molecular flexibility index (Phi) is 5.97. The molecule has 22 heavy (non-hydrogen) atoms. The monoisotopic (exact) mass is 367 g/mol. The van der Waals surface area contributed by atoms with Crippen LogP contribution in [0.4, 0.5) is 5.69 Å². The Morgan fingerprint density at radius 2 is 2.00 bits per heavy atom. The first-order chi connectivity index (χ1) is 10.5. The summed E-state index contributed by atoms with van der Waals surface area (Å²) < 4.78 is 0.935. The van der Waals surface area contributed by atoms with E-state index in [1.54, 1.807) is 7.05 Å². The van der Waals surface area contributed by atoms with Crippen LogP contribution in [0.3, 0.4) is 0 Å². The van der Waals surface area contributed by atoms with Crippen LogP contribution in [0, 0.1) is 5.92 Å². The molecule has 1 aliphatic rings. The van der Waals surface area contributed by atoms with E-state index in [-0.39, 0.29) is 23.8 Å². The van der Waals surface area contributed by atoms with Crippen molar-refractivity contribution in [2.24, 2.45) is 5.92 Å². The van der Waals surface area contributed by atoms with Gasteiger partial charge in [0.1, 0.15) is 0 Å². The number of nitrogens with one attached hydrogen (secondary N) is 2. The maximum Gasteiger partial charge on any atom is 0.241 e. The van der Waals surface area contributed by atoms with Crippen LogP contribution in [-0.2, 0) is 9.59 Å². The summed E-state index contributed by atoms with van der Waals surface area (Å²) >= 11 is 3.39. The van der Waals surface area contributed by atoms with Gasteiger partial charge in [-0.15, -0.1) is 0 Å². The fourth-order valence-corrected chi connectivity index (χ4v) is 3.13. The van der Waals surface area contributed by atoms with Crippen molar-refractivity contribution >= 4 is 33.4 Å². The highest BCUT2D eigenvalue weighted by atomic mass is 79.9. The summed E-state index contributed by atoms with van der Waals surface area (Å²) in [5, 5.41) is 5.63. The highest BCUT2D eigenvalue weighted by molar-refractivity contribution is 9.10. The summed E-state index contributed by atoms with van der Waals surface area (Å²) in [6.45, 7) is 3.45. The van der Waals surface area contributed by atoms with Crippen LogP contribution in [0.15, 0.2) is 28.7 Å². The maximum absolute atomic E-state index is 12.3. The molecule has 5 nitrogen and oxygen atoms in total. The van der Waals surface area contributed by atoms with Crippen LogP contribution in [0.1, 0.15) is 19.8 Å². The summed E-state index contributed by atoms with van der Waals surface area (Å²) in [6, 6.07) is 7.35. The molecular weight excluding hydrogens is 346 g/mol. The Morgan fingerprint density at radius 1 is 1.32 bits per heavy atom. The first-order valence-corrected chi connectivity index (χ1v) is 8.32. The van der Waals surface area contributed by atoms with Gasteiger partial charge in [-0.1, -0.05) is 22.0 Å². The molecule has 1 saturated heterocycles. The van der Waals surface area contributed by atoms with E-state index in [9.17, 15) is 9.59 Å². The number of piperidine rings is 1. The molecule has 0 aromatic heterocycles. The molecule has 0 bridgehead atoms. The normalized spacial score (nSPS) is 17.8. The van der Waals surface area contributed by atoms with Gasteiger partial charge >= 0.3 is 0 Å². The van der Waals surface area contributed by atoms with Gasteiger partial charge in [-0.2, -0.15) is 0 Å². The van der Waals surface area contributed by atoms with Crippen LogP contribution in [0.2, 0.25) is 0 Å². The zero-order valence-electron chi connectivity index (χ0n) is 12.9. The molecule has 0 spiro atoms. The summed E-state index contributed by atoms with van der Waals surface area (Å²) in [5.74, 6) is 0.156. The van der Waals surface area contributed by atoms with Crippen molar-refractivity contribution < 1.29 is 9.59 Å². The van der Waals surface area contributed by atoms with Crippen LogP contribution >= 0.6 is 15.9 Å². The first kappa shape index (κ1) is 17.0. The molecule has 1 aromatic carbocycles. The van der Waals surface area contributed by atoms with Gasteiger partial charge in [0, 0.05) is 23.1 Å². The molecule has 1 fully saturated rings. The fourth-order valence-electron chi connectivity index (χ4n) is 2.73. The van der Waals surface area contributed by atoms with E-state index in [1.165, 1.54) is 0 Å². The van der Waals surface area contributed by atoms with Gasteiger partial charge in [0.2, 0.25) is 11.8 Å². The molecule has 0 aliphatic carbocycles. The van der Waals surface area contributed by atoms with E-state index in [0.29, 0.717) is 0 Å². The van der Waals surface area contributed by atoms with Crippen molar-refractivity contribution in [3.05, 3.63) is 28.7 Å². The lowest BCUT2D eigenvalue weighted by Gasteiger charge is -2.34. The van der Waals surface area contributed by atoms with Gasteiger partial charge in [-0.05, 0) is 51.1 Å². The number of amides is 2. The third kappa shape index (κ3) is 4.30. The number of rotatable bonds is 4. The lowest BCUT2D eigenvalue weighted by molar-refractivity contribution is -0.126. The molecule has 1 aromatic rings. The second-order valence-electron chi connectivity index (χ2n) is 5.60. The van der Waals surface area contributed by atoms with Crippen LogP contribution in [-0.4, -0.2) is 42.9 Å². The lowest BCUT2D eigenvalue weighted by Crippen LogP contribution is -2.47. The predicted molar refractivity (Wildman–Crippen MR) is 90.6 cm³/mol. The molecule has 2 rings (SSSR count). The number of benzene rings is 1. The number of hydrogen-bond donors (Lipinski definition) is 2. The second-order valence-corrected chi connectivity index (χ2v) is 6.52. The smallest absolute Gasteiger partial charge is 0.241 e. The summed E-state index contributed by atoms with van der Waals surface area (Å²) in [5.41, 5.74) is 0.784. The molecule has 120 valence electrons. The number of carbonyl (C=O) groups is 2. The Morgan fingerprint density at radius 3 is 2.59 bits per heavy atom. The van der Waals surface area contributed by atoms with E-state index in [4.69, 9.17) is 0 Å². The fraction of sp³-hybridized carbons (Fsp3) is 0.500. The summed E-state index contributed by atoms with van der Waals surface area (Å²) in [6.07, 6.45) is 1.60. The number of halogens is 1. The highest BCUT2D eigenvalue weighted by Gasteiger charge is 2.29. The molecule has 1 heterocycles. The van der Waals surface area contributed by atoms with E-state index in [0.717, 1.165) is 36.1 Å². The van der Waals surface area contributed by atoms with Gasteiger partial charge in [-0.3, -0.25) is 14.5 Å². The zero-order chi connectivity index (χ0) is 16.1. The van der Waals surface area contributed by atoms with Gasteiger partial charge in [0.25, 0.3) is 0 Å². The van der Waals surface area contributed by atoms with Crippen molar-refractivity contribution in [1.82, 2.24) is 10.2 Å². The number of likely N-dealkylation sites (tertiary alicyclic amines) is 1. The first-order valence-electron chi connectivity index (χ1n) is 7.53. The largest absolute Gasteiger partial charge is 0.359 e. The third-order valence-corrected chi connectivity index (χ3v) is 4.66. The van der Waals surface area contributed by atoms with Gasteiger partial charge in [0.15, 0.2) is 0 Å². The van der Waals surface area contributed by atoms with Crippen molar-refractivity contribution in [2.45, 2.75) is 25.8 Å². The topological polar surface area (TPSA) is 61.4 Å². The van der Waals surface area contributed by atoms with Crippen molar-refractivity contribution in [3.63, 3.8) is 0 Å². The number of carbonyl (C=O) groups excluding carboxylic acids is 2. The molecule has 1 aliphatic heterocycles. The number of hydrogen-bond acceptors (Lipinski definition) is 3. The Bertz CT molecular complexity index is 542. The molecule has 6 heteroatoms. The Hall–Kier alpha value is -1.40. The average molecular weight is 368 g/mol. The Labute approximate surface area is 139 Å². The zero-order valence-corrected chi connectivity index (χ0v) is 14.5. The molecule has 2 N–H and O–H groups in total. The summed E-state index contributed by atoms with van der Waals surface area (Å²) in [7, 11) is 1.67. The predicted octanol–water partition coefficient (Wildman–Crippen LogP) is 2.23. The highest BCUT2D eigenvalue weighted by Crippen LogP contribution is 2.20. The maximum atomic E-state index is 12.3. The minimum Gasteiger partial charge on any atom is -0.359 e. The number of nitrogens with zero attached hydrogens (tertiary/aromatic N) is 1. The van der Waals surface area contributed by atoms with Crippen molar-refractivity contribution in [3.8, 4) is 0 Å². The molecule has 0 unspecified atom stereocenters. The van der Waals surface area contributed by atoms with Gasteiger partial charge < -0.3 is 10.6 Å². The molecular formula is C16H22BrN3O2.